The van der Waals surface area contributed by atoms with Crippen LogP contribution in [0.5, 0.6) is 5.75 Å². The molecule has 1 unspecified atom stereocenters. The number of nitrogens with zero attached hydrogens (tertiary/aromatic N) is 2. The van der Waals surface area contributed by atoms with Crippen molar-refractivity contribution in [2.24, 2.45) is 10.8 Å². The summed E-state index contributed by atoms with van der Waals surface area (Å²) >= 11 is 0. The minimum absolute atomic E-state index is 0.172. The molecule has 8 aromatic carbocycles. The van der Waals surface area contributed by atoms with E-state index in [1.54, 1.807) is 7.11 Å². The Bertz CT molecular complexity index is 2930. The molecule has 62 heavy (non-hydrogen) atoms. The van der Waals surface area contributed by atoms with Crippen LogP contribution in [0.2, 0.25) is 0 Å². The maximum Gasteiger partial charge on any atom is 0.119 e. The summed E-state index contributed by atoms with van der Waals surface area (Å²) < 4.78 is 7.92. The zero-order valence-corrected chi connectivity index (χ0v) is 37.1. The first-order chi connectivity index (χ1) is 29.9. The first-order valence-electron chi connectivity index (χ1n) is 21.9. The summed E-state index contributed by atoms with van der Waals surface area (Å²) in [5, 5.41) is 2.45. The summed E-state index contributed by atoms with van der Waals surface area (Å²) in [7, 11) is 1.72. The van der Waals surface area contributed by atoms with Gasteiger partial charge in [0.1, 0.15) is 5.75 Å². The van der Waals surface area contributed by atoms with Gasteiger partial charge in [-0.15, -0.1) is 0 Å². The second-order valence-corrected chi connectivity index (χ2v) is 18.9. The lowest BCUT2D eigenvalue weighted by Crippen LogP contribution is -2.23. The first-order valence-corrected chi connectivity index (χ1v) is 21.9. The predicted molar refractivity (Wildman–Crippen MR) is 265 cm³/mol. The third kappa shape index (κ3) is 8.28. The molecule has 308 valence electrons. The lowest BCUT2D eigenvalue weighted by molar-refractivity contribution is 0.229. The molecule has 1 heterocycles. The molecule has 0 saturated heterocycles. The molecule has 0 N–H and O–H groups in total. The van der Waals surface area contributed by atoms with E-state index in [4.69, 9.17) is 4.74 Å². The van der Waals surface area contributed by atoms with Gasteiger partial charge in [-0.05, 0) is 147 Å². The van der Waals surface area contributed by atoms with Crippen LogP contribution in [0.1, 0.15) is 59.4 Å². The van der Waals surface area contributed by atoms with Crippen LogP contribution in [0, 0.1) is 10.8 Å². The molecule has 0 fully saturated rings. The van der Waals surface area contributed by atoms with Crippen molar-refractivity contribution in [2.45, 2.75) is 53.9 Å². The van der Waals surface area contributed by atoms with Crippen LogP contribution in [0.25, 0.3) is 60.9 Å². The highest BCUT2D eigenvalue weighted by Crippen LogP contribution is 2.44. The fourth-order valence-electron chi connectivity index (χ4n) is 9.10. The van der Waals surface area contributed by atoms with Gasteiger partial charge in [-0.25, -0.2) is 0 Å². The predicted octanol–water partition coefficient (Wildman–Crippen LogP) is 16.8. The Labute approximate surface area is 367 Å². The van der Waals surface area contributed by atoms with Gasteiger partial charge in [0, 0.05) is 33.5 Å². The van der Waals surface area contributed by atoms with E-state index in [9.17, 15) is 0 Å². The largest absolute Gasteiger partial charge is 0.497 e. The topological polar surface area (TPSA) is 17.4 Å². The number of fused-ring (bicyclic) bond motifs is 3. The smallest absolute Gasteiger partial charge is 0.119 e. The monoisotopic (exact) mass is 808 g/mol. The van der Waals surface area contributed by atoms with Gasteiger partial charge < -0.3 is 14.2 Å². The minimum atomic E-state index is 0.172. The van der Waals surface area contributed by atoms with Gasteiger partial charge in [0.15, 0.2) is 0 Å². The zero-order valence-electron chi connectivity index (χ0n) is 37.1. The normalized spacial score (nSPS) is 12.4. The Hall–Kier alpha value is -6.84. The van der Waals surface area contributed by atoms with E-state index in [0.29, 0.717) is 5.92 Å². The van der Waals surface area contributed by atoms with E-state index in [1.165, 1.54) is 60.8 Å². The van der Waals surface area contributed by atoms with Crippen molar-refractivity contribution in [1.29, 1.82) is 0 Å². The van der Waals surface area contributed by atoms with Crippen molar-refractivity contribution >= 4 is 38.9 Å². The summed E-state index contributed by atoms with van der Waals surface area (Å²) in [6.45, 7) is 14.2. The van der Waals surface area contributed by atoms with Crippen LogP contribution in [0.3, 0.4) is 0 Å². The number of anilines is 3. The average molecular weight is 809 g/mol. The van der Waals surface area contributed by atoms with E-state index < -0.39 is 0 Å². The van der Waals surface area contributed by atoms with Crippen LogP contribution in [-0.4, -0.2) is 11.7 Å². The molecule has 3 nitrogen and oxygen atoms in total. The van der Waals surface area contributed by atoms with E-state index in [0.717, 1.165) is 34.9 Å². The van der Waals surface area contributed by atoms with Crippen molar-refractivity contribution in [3.05, 3.63) is 200 Å². The standard InChI is InChI=1S/C59H56N2O/c1-58(2,3)40-55(59(4,5)6)45-20-18-43(19-21-45)46-26-36-56-53(38-46)54-39-47(27-37-57(54)61(56)51-32-34-52(62-7)35-33-51)44-24-30-50(31-25-44)60(48-16-12-9-13-17-48)49-28-22-42(23-29-49)41-14-10-8-11-15-41/h8-39,55H,40H2,1-7H3. The molecule has 9 aromatic rings. The van der Waals surface area contributed by atoms with E-state index >= 15 is 0 Å². The molecule has 0 saturated carbocycles. The number of rotatable bonds is 10. The lowest BCUT2D eigenvalue weighted by atomic mass is 9.69. The van der Waals surface area contributed by atoms with Gasteiger partial charge in [-0.1, -0.05) is 151 Å². The molecule has 0 aliphatic carbocycles. The quantitative estimate of drug-likeness (QED) is 0.137. The van der Waals surface area contributed by atoms with Crippen LogP contribution < -0.4 is 9.64 Å². The Morgan fingerprint density at radius 1 is 0.452 bits per heavy atom. The summed E-state index contributed by atoms with van der Waals surface area (Å²) in [4.78, 5) is 2.33. The van der Waals surface area contributed by atoms with Crippen LogP contribution >= 0.6 is 0 Å². The van der Waals surface area contributed by atoms with E-state index in [2.05, 4.69) is 233 Å². The summed E-state index contributed by atoms with van der Waals surface area (Å²) in [6.07, 6.45) is 1.14. The zero-order chi connectivity index (χ0) is 43.0. The number of hydrogen-bond donors (Lipinski definition) is 0. The first kappa shape index (κ1) is 40.6. The SMILES string of the molecule is COc1ccc(-n2c3ccc(-c4ccc(C(CC(C)(C)C)C(C)(C)C)cc4)cc3c3cc(-c4ccc(N(c5ccccc5)c5ccc(-c6ccccc6)cc5)cc4)ccc32)cc1. The average Bonchev–Trinajstić information content (AvgIpc) is 3.62. The van der Waals surface area contributed by atoms with Crippen LogP contribution in [0.4, 0.5) is 17.1 Å². The molecular weight excluding hydrogens is 753 g/mol. The molecular formula is C59H56N2O. The molecule has 0 spiro atoms. The number of aromatic nitrogens is 1. The Balaban J connectivity index is 1.10. The highest BCUT2D eigenvalue weighted by Gasteiger charge is 2.30. The Kier molecular flexibility index (Phi) is 10.8. The van der Waals surface area contributed by atoms with Gasteiger partial charge in [0.05, 0.1) is 18.1 Å². The van der Waals surface area contributed by atoms with Gasteiger partial charge in [0.25, 0.3) is 0 Å². The Morgan fingerprint density at radius 3 is 1.34 bits per heavy atom. The van der Waals surface area contributed by atoms with Crippen molar-refractivity contribution in [1.82, 2.24) is 4.57 Å². The summed E-state index contributed by atoms with van der Waals surface area (Å²) in [5.74, 6) is 1.32. The second-order valence-electron chi connectivity index (χ2n) is 18.9. The number of para-hydroxylation sites is 1. The third-order valence-corrected chi connectivity index (χ3v) is 12.3. The lowest BCUT2D eigenvalue weighted by Gasteiger charge is -2.36. The molecule has 1 atom stereocenters. The van der Waals surface area contributed by atoms with Crippen molar-refractivity contribution in [3.8, 4) is 44.8 Å². The Morgan fingerprint density at radius 2 is 0.871 bits per heavy atom. The van der Waals surface area contributed by atoms with Gasteiger partial charge in [0.2, 0.25) is 0 Å². The second kappa shape index (κ2) is 16.6. The fraction of sp³-hybridized carbons (Fsp3) is 0.186. The molecule has 0 aliphatic rings. The van der Waals surface area contributed by atoms with E-state index in [-0.39, 0.29) is 10.8 Å². The van der Waals surface area contributed by atoms with Gasteiger partial charge >= 0.3 is 0 Å². The number of ether oxygens (including phenoxy) is 1. The highest BCUT2D eigenvalue weighted by atomic mass is 16.5. The maximum atomic E-state index is 5.54. The molecule has 3 heteroatoms. The van der Waals surface area contributed by atoms with Crippen molar-refractivity contribution in [2.75, 3.05) is 12.0 Å². The summed E-state index contributed by atoms with van der Waals surface area (Å²) in [5.41, 5.74) is 15.8. The highest BCUT2D eigenvalue weighted by molar-refractivity contribution is 6.11. The maximum absolute atomic E-state index is 5.54. The summed E-state index contributed by atoms with van der Waals surface area (Å²) in [6, 6.07) is 70.6. The van der Waals surface area contributed by atoms with Gasteiger partial charge in [-0.2, -0.15) is 0 Å². The number of methoxy groups -OCH3 is 1. The molecule has 9 rings (SSSR count). The third-order valence-electron chi connectivity index (χ3n) is 12.3. The van der Waals surface area contributed by atoms with Crippen LogP contribution in [0.15, 0.2) is 194 Å². The molecule has 0 aliphatic heterocycles. The van der Waals surface area contributed by atoms with E-state index in [1.807, 2.05) is 12.1 Å². The molecule has 1 aromatic heterocycles. The molecule has 0 amide bonds. The molecule has 0 radical (unpaired) electrons. The molecule has 0 bridgehead atoms. The number of benzene rings is 8. The van der Waals surface area contributed by atoms with Crippen LogP contribution in [-0.2, 0) is 0 Å². The minimum Gasteiger partial charge on any atom is -0.497 e. The number of hydrogen-bond acceptors (Lipinski definition) is 2. The fourth-order valence-corrected chi connectivity index (χ4v) is 9.10. The van der Waals surface area contributed by atoms with Crippen molar-refractivity contribution in [3.63, 3.8) is 0 Å². The van der Waals surface area contributed by atoms with Crippen molar-refractivity contribution < 1.29 is 4.74 Å². The van der Waals surface area contributed by atoms with Gasteiger partial charge in [-0.3, -0.25) is 0 Å².